The van der Waals surface area contributed by atoms with Gasteiger partial charge >= 0.3 is 0 Å². The molecule has 1 aromatic rings. The molecule has 1 aromatic carbocycles. The maximum atomic E-state index is 11.8. The van der Waals surface area contributed by atoms with Crippen molar-refractivity contribution in [2.75, 3.05) is 0 Å². The zero-order valence-corrected chi connectivity index (χ0v) is 9.53. The van der Waals surface area contributed by atoms with E-state index in [1.54, 1.807) is 44.2 Å². The van der Waals surface area contributed by atoms with Gasteiger partial charge in [-0.1, -0.05) is 30.3 Å². The molecule has 0 N–H and O–H groups in total. The van der Waals surface area contributed by atoms with Gasteiger partial charge in [0.15, 0.2) is 15.1 Å². The number of rotatable bonds is 3. The fourth-order valence-corrected chi connectivity index (χ4v) is 2.47. The van der Waals surface area contributed by atoms with Crippen LogP contribution in [0.4, 0.5) is 0 Å². The molecule has 0 saturated carbocycles. The summed E-state index contributed by atoms with van der Waals surface area (Å²) >= 11 is 0. The molecule has 15 heavy (non-hydrogen) atoms. The van der Waals surface area contributed by atoms with Crippen LogP contribution in [-0.4, -0.2) is 13.7 Å². The van der Waals surface area contributed by atoms with Gasteiger partial charge in [-0.2, -0.15) is 5.26 Å². The minimum atomic E-state index is -3.40. The Morgan fingerprint density at radius 1 is 1.20 bits per heavy atom. The molecule has 0 aromatic heterocycles. The van der Waals surface area contributed by atoms with E-state index in [9.17, 15) is 8.42 Å². The van der Waals surface area contributed by atoms with E-state index < -0.39 is 20.3 Å². The maximum Gasteiger partial charge on any atom is 0.173 e. The van der Waals surface area contributed by atoms with E-state index >= 15 is 0 Å². The van der Waals surface area contributed by atoms with Crippen molar-refractivity contribution in [3.8, 4) is 6.07 Å². The first-order valence-electron chi connectivity index (χ1n) is 4.67. The summed E-state index contributed by atoms with van der Waals surface area (Å²) in [5.74, 6) is 0. The molecule has 80 valence electrons. The van der Waals surface area contributed by atoms with Crippen LogP contribution in [0, 0.1) is 11.3 Å². The smallest absolute Gasteiger partial charge is 0.173 e. The summed E-state index contributed by atoms with van der Waals surface area (Å²) in [5.41, 5.74) is 0.536. The molecule has 3 nitrogen and oxygen atoms in total. The van der Waals surface area contributed by atoms with Crippen molar-refractivity contribution >= 4 is 9.84 Å². The Kier molecular flexibility index (Phi) is 3.48. The summed E-state index contributed by atoms with van der Waals surface area (Å²) < 4.78 is 23.7. The van der Waals surface area contributed by atoms with Crippen LogP contribution in [-0.2, 0) is 9.84 Å². The Hall–Kier alpha value is -1.34. The average Bonchev–Trinajstić information content (AvgIpc) is 2.19. The van der Waals surface area contributed by atoms with Crippen LogP contribution in [0.3, 0.4) is 0 Å². The predicted octanol–water partition coefficient (Wildman–Crippen LogP) is 2.07. The molecule has 0 spiro atoms. The zero-order valence-electron chi connectivity index (χ0n) is 8.71. The van der Waals surface area contributed by atoms with Crippen LogP contribution in [0.15, 0.2) is 30.3 Å². The van der Waals surface area contributed by atoms with Crippen molar-refractivity contribution in [2.45, 2.75) is 24.3 Å². The molecular weight excluding hydrogens is 210 g/mol. The Labute approximate surface area is 90.3 Å². The number of hydrogen-bond acceptors (Lipinski definition) is 3. The molecule has 0 radical (unpaired) electrons. The van der Waals surface area contributed by atoms with Gasteiger partial charge in [0.25, 0.3) is 0 Å². The van der Waals surface area contributed by atoms with Crippen LogP contribution in [0.5, 0.6) is 0 Å². The highest BCUT2D eigenvalue weighted by molar-refractivity contribution is 7.92. The second-order valence-corrected chi connectivity index (χ2v) is 6.15. The molecule has 0 bridgehead atoms. The van der Waals surface area contributed by atoms with Gasteiger partial charge in [0.1, 0.15) is 0 Å². The Balaban J connectivity index is 3.19. The van der Waals surface area contributed by atoms with Gasteiger partial charge in [0.05, 0.1) is 11.3 Å². The summed E-state index contributed by atoms with van der Waals surface area (Å²) in [5, 5.41) is 7.34. The van der Waals surface area contributed by atoms with Gasteiger partial charge in [-0.25, -0.2) is 8.42 Å². The number of benzene rings is 1. The first-order valence-corrected chi connectivity index (χ1v) is 6.28. The highest BCUT2D eigenvalue weighted by Crippen LogP contribution is 2.24. The van der Waals surface area contributed by atoms with Crippen LogP contribution < -0.4 is 0 Å². The maximum absolute atomic E-state index is 11.8. The van der Waals surface area contributed by atoms with Gasteiger partial charge < -0.3 is 0 Å². The summed E-state index contributed by atoms with van der Waals surface area (Å²) in [6, 6.07) is 10.4. The van der Waals surface area contributed by atoms with Crippen LogP contribution >= 0.6 is 0 Å². The van der Waals surface area contributed by atoms with Crippen molar-refractivity contribution in [1.82, 2.24) is 0 Å². The van der Waals surface area contributed by atoms with E-state index in [0.29, 0.717) is 5.56 Å². The molecule has 0 amide bonds. The minimum absolute atomic E-state index is 0.536. The number of nitriles is 1. The van der Waals surface area contributed by atoms with E-state index in [4.69, 9.17) is 5.26 Å². The molecule has 4 heteroatoms. The lowest BCUT2D eigenvalue weighted by Crippen LogP contribution is -2.21. The molecule has 1 rings (SSSR count). The van der Waals surface area contributed by atoms with E-state index in [1.807, 2.05) is 6.07 Å². The van der Waals surface area contributed by atoms with Gasteiger partial charge in [0.2, 0.25) is 0 Å². The second kappa shape index (κ2) is 4.45. The SMILES string of the molecule is CC(C)S(=O)(=O)C(C#N)c1ccccc1. The minimum Gasteiger partial charge on any atom is -0.227 e. The molecule has 0 aliphatic rings. The van der Waals surface area contributed by atoms with Gasteiger partial charge in [-0.3, -0.25) is 0 Å². The number of hydrogen-bond donors (Lipinski definition) is 0. The lowest BCUT2D eigenvalue weighted by Gasteiger charge is -2.13. The predicted molar refractivity (Wildman–Crippen MR) is 58.9 cm³/mol. The van der Waals surface area contributed by atoms with Crippen LogP contribution in [0.1, 0.15) is 24.7 Å². The summed E-state index contributed by atoms with van der Waals surface area (Å²) in [6.07, 6.45) is 0. The van der Waals surface area contributed by atoms with Crippen molar-refractivity contribution in [2.24, 2.45) is 0 Å². The third kappa shape index (κ3) is 2.37. The molecule has 1 unspecified atom stereocenters. The molecule has 0 aliphatic carbocycles. The molecule has 1 atom stereocenters. The Morgan fingerprint density at radius 2 is 1.73 bits per heavy atom. The second-order valence-electron chi connectivity index (χ2n) is 3.56. The lowest BCUT2D eigenvalue weighted by molar-refractivity contribution is 0.582. The Bertz CT molecular complexity index is 457. The average molecular weight is 223 g/mol. The van der Waals surface area contributed by atoms with Crippen molar-refractivity contribution < 1.29 is 8.42 Å². The zero-order chi connectivity index (χ0) is 11.5. The van der Waals surface area contributed by atoms with Crippen molar-refractivity contribution in [3.63, 3.8) is 0 Å². The normalized spacial score (nSPS) is 13.5. The quantitative estimate of drug-likeness (QED) is 0.788. The molecule has 0 fully saturated rings. The van der Waals surface area contributed by atoms with Crippen LogP contribution in [0.2, 0.25) is 0 Å². The van der Waals surface area contributed by atoms with E-state index in [0.717, 1.165) is 0 Å². The first-order chi connectivity index (χ1) is 7.00. The van der Waals surface area contributed by atoms with Crippen molar-refractivity contribution in [1.29, 1.82) is 5.26 Å². The first kappa shape index (κ1) is 11.7. The highest BCUT2D eigenvalue weighted by Gasteiger charge is 2.29. The fourth-order valence-electron chi connectivity index (χ4n) is 1.24. The molecule has 0 aliphatic heterocycles. The number of nitrogens with zero attached hydrogens (tertiary/aromatic N) is 1. The third-order valence-corrected chi connectivity index (χ3v) is 4.55. The standard InChI is InChI=1S/C11H13NO2S/c1-9(2)15(13,14)11(8-12)10-6-4-3-5-7-10/h3-7,9,11H,1-2H3. The monoisotopic (exact) mass is 223 g/mol. The van der Waals surface area contributed by atoms with Gasteiger partial charge in [-0.05, 0) is 19.4 Å². The van der Waals surface area contributed by atoms with Gasteiger partial charge in [0, 0.05) is 0 Å². The van der Waals surface area contributed by atoms with E-state index in [-0.39, 0.29) is 0 Å². The third-order valence-electron chi connectivity index (χ3n) is 2.21. The fraction of sp³-hybridized carbons (Fsp3) is 0.364. The summed E-state index contributed by atoms with van der Waals surface area (Å²) in [6.45, 7) is 3.17. The molecule has 0 saturated heterocycles. The largest absolute Gasteiger partial charge is 0.227 e. The Morgan fingerprint density at radius 3 is 2.13 bits per heavy atom. The highest BCUT2D eigenvalue weighted by atomic mass is 32.2. The van der Waals surface area contributed by atoms with Gasteiger partial charge in [-0.15, -0.1) is 0 Å². The van der Waals surface area contributed by atoms with Crippen LogP contribution in [0.25, 0.3) is 0 Å². The summed E-state index contributed by atoms with van der Waals surface area (Å²) in [4.78, 5) is 0. The topological polar surface area (TPSA) is 57.9 Å². The molecule has 0 heterocycles. The van der Waals surface area contributed by atoms with Crippen molar-refractivity contribution in [3.05, 3.63) is 35.9 Å². The lowest BCUT2D eigenvalue weighted by atomic mass is 10.2. The van der Waals surface area contributed by atoms with E-state index in [2.05, 4.69) is 0 Å². The number of sulfone groups is 1. The summed E-state index contributed by atoms with van der Waals surface area (Å²) in [7, 11) is -3.40. The molecular formula is C11H13NO2S. The van der Waals surface area contributed by atoms with E-state index in [1.165, 1.54) is 0 Å².